The molecule has 0 amide bonds. The lowest BCUT2D eigenvalue weighted by atomic mass is 10.1. The van der Waals surface area contributed by atoms with Crippen LogP contribution in [0.25, 0.3) is 0 Å². The molecule has 0 radical (unpaired) electrons. The van der Waals surface area contributed by atoms with Crippen molar-refractivity contribution in [2.75, 3.05) is 5.73 Å². The highest BCUT2D eigenvalue weighted by molar-refractivity contribution is 7.80. The summed E-state index contributed by atoms with van der Waals surface area (Å²) in [6.45, 7) is 1.44. The number of halogens is 1. The summed E-state index contributed by atoms with van der Waals surface area (Å²) in [7, 11) is 0. The molecule has 1 aromatic rings. The number of nitrogens with two attached hydrogens (primary N) is 1. The number of hydrogen-bond acceptors (Lipinski definition) is 3. The fourth-order valence-corrected chi connectivity index (χ4v) is 1.46. The number of hydrogen-bond donors (Lipinski definition) is 2. The molecular formula is C9H10ClNOS. The van der Waals surface area contributed by atoms with E-state index in [1.54, 1.807) is 18.2 Å². The number of ketones is 1. The molecule has 0 spiro atoms. The average Bonchev–Trinajstić information content (AvgIpc) is 2.01. The van der Waals surface area contributed by atoms with Crippen molar-refractivity contribution in [3.8, 4) is 0 Å². The van der Waals surface area contributed by atoms with Crippen molar-refractivity contribution >= 4 is 35.7 Å². The number of rotatable bonds is 2. The number of nitrogen functional groups attached to an aromatic ring is 1. The third-order valence-electron chi connectivity index (χ3n) is 1.61. The number of benzene rings is 1. The molecule has 0 aliphatic carbocycles. The number of alkyl halides is 1. The van der Waals surface area contributed by atoms with Crippen LogP contribution in [-0.4, -0.2) is 5.78 Å². The average molecular weight is 216 g/mol. The van der Waals surface area contributed by atoms with Crippen LogP contribution in [0.2, 0.25) is 0 Å². The van der Waals surface area contributed by atoms with Gasteiger partial charge in [0.05, 0.1) is 0 Å². The van der Waals surface area contributed by atoms with Crippen LogP contribution in [0, 0.1) is 0 Å². The highest BCUT2D eigenvalue weighted by Gasteiger charge is 2.13. The summed E-state index contributed by atoms with van der Waals surface area (Å²) in [5.41, 5.74) is 6.84. The first-order chi connectivity index (χ1) is 6.00. The fraction of sp³-hybridized carbons (Fsp3) is 0.222. The van der Waals surface area contributed by atoms with Crippen LogP contribution in [0.15, 0.2) is 23.1 Å². The van der Waals surface area contributed by atoms with Gasteiger partial charge in [-0.2, -0.15) is 0 Å². The lowest BCUT2D eigenvalue weighted by molar-refractivity contribution is -0.116. The van der Waals surface area contributed by atoms with Crippen molar-refractivity contribution < 1.29 is 4.79 Å². The normalized spacial score (nSPS) is 12.5. The van der Waals surface area contributed by atoms with Crippen LogP contribution in [-0.2, 0) is 4.79 Å². The monoisotopic (exact) mass is 215 g/mol. The van der Waals surface area contributed by atoms with Crippen molar-refractivity contribution in [3.05, 3.63) is 23.8 Å². The zero-order valence-electron chi connectivity index (χ0n) is 7.12. The summed E-state index contributed by atoms with van der Waals surface area (Å²) in [6.07, 6.45) is 0. The smallest absolute Gasteiger partial charge is 0.152 e. The minimum atomic E-state index is -0.630. The minimum Gasteiger partial charge on any atom is -0.399 e. The van der Waals surface area contributed by atoms with E-state index in [0.717, 1.165) is 0 Å². The van der Waals surface area contributed by atoms with Gasteiger partial charge < -0.3 is 5.73 Å². The Kier molecular flexibility index (Phi) is 3.22. The molecule has 4 heteroatoms. The van der Waals surface area contributed by atoms with Gasteiger partial charge in [0.1, 0.15) is 5.38 Å². The quantitative estimate of drug-likeness (QED) is 0.452. The Labute approximate surface area is 87.5 Å². The van der Waals surface area contributed by atoms with E-state index in [9.17, 15) is 4.79 Å². The first kappa shape index (κ1) is 10.4. The van der Waals surface area contributed by atoms with E-state index in [1.165, 1.54) is 6.92 Å². The molecule has 0 bridgehead atoms. The van der Waals surface area contributed by atoms with E-state index in [4.69, 9.17) is 17.3 Å². The summed E-state index contributed by atoms with van der Waals surface area (Å²) in [6, 6.07) is 5.12. The minimum absolute atomic E-state index is 0.0972. The number of Topliss-reactive ketones (excluding diaryl/α,β-unsaturated/α-hetero) is 1. The molecule has 0 saturated heterocycles. The molecule has 70 valence electrons. The van der Waals surface area contributed by atoms with Crippen molar-refractivity contribution in [2.24, 2.45) is 0 Å². The summed E-state index contributed by atoms with van der Waals surface area (Å²) in [5, 5.41) is -0.630. The van der Waals surface area contributed by atoms with Crippen LogP contribution < -0.4 is 5.73 Å². The summed E-state index contributed by atoms with van der Waals surface area (Å²) in [5.74, 6) is -0.0972. The molecule has 2 N–H and O–H groups in total. The number of carbonyl (C=O) groups excluding carboxylic acids is 1. The van der Waals surface area contributed by atoms with E-state index in [0.29, 0.717) is 16.1 Å². The first-order valence-electron chi connectivity index (χ1n) is 3.74. The summed E-state index contributed by atoms with van der Waals surface area (Å²) >= 11 is 9.98. The zero-order chi connectivity index (χ0) is 10.0. The van der Waals surface area contributed by atoms with Gasteiger partial charge in [-0.15, -0.1) is 24.2 Å². The Morgan fingerprint density at radius 1 is 1.54 bits per heavy atom. The molecule has 0 heterocycles. The summed E-state index contributed by atoms with van der Waals surface area (Å²) in [4.78, 5) is 11.7. The lowest BCUT2D eigenvalue weighted by Gasteiger charge is -2.07. The number of thiol groups is 1. The standard InChI is InChI=1S/C9H10ClNOS/c1-5(12)9(10)6-2-7(11)4-8(13)3-6/h2-4,9,13H,11H2,1H3. The topological polar surface area (TPSA) is 43.1 Å². The van der Waals surface area contributed by atoms with Crippen LogP contribution in [0.3, 0.4) is 0 Å². The molecule has 13 heavy (non-hydrogen) atoms. The van der Waals surface area contributed by atoms with Crippen molar-refractivity contribution in [2.45, 2.75) is 17.2 Å². The Balaban J connectivity index is 3.07. The largest absolute Gasteiger partial charge is 0.399 e. The van der Waals surface area contributed by atoms with Crippen LogP contribution in [0.1, 0.15) is 17.9 Å². The van der Waals surface area contributed by atoms with Crippen LogP contribution >= 0.6 is 24.2 Å². The van der Waals surface area contributed by atoms with Crippen LogP contribution in [0.4, 0.5) is 5.69 Å². The molecular weight excluding hydrogens is 206 g/mol. The van der Waals surface area contributed by atoms with E-state index >= 15 is 0 Å². The van der Waals surface area contributed by atoms with E-state index < -0.39 is 5.38 Å². The molecule has 0 saturated carbocycles. The first-order valence-corrected chi connectivity index (χ1v) is 4.63. The maximum atomic E-state index is 11.0. The second kappa shape index (κ2) is 4.03. The predicted molar refractivity (Wildman–Crippen MR) is 57.4 cm³/mol. The molecule has 1 atom stereocenters. The maximum Gasteiger partial charge on any atom is 0.152 e. The molecule has 1 unspecified atom stereocenters. The van der Waals surface area contributed by atoms with Gasteiger partial charge in [-0.1, -0.05) is 0 Å². The second-order valence-electron chi connectivity index (χ2n) is 2.83. The van der Waals surface area contributed by atoms with Gasteiger partial charge in [-0.25, -0.2) is 0 Å². The van der Waals surface area contributed by atoms with Gasteiger partial charge >= 0.3 is 0 Å². The molecule has 1 aromatic carbocycles. The van der Waals surface area contributed by atoms with Crippen LogP contribution in [0.5, 0.6) is 0 Å². The molecule has 0 aliphatic rings. The van der Waals surface area contributed by atoms with Gasteiger partial charge in [0.25, 0.3) is 0 Å². The third-order valence-corrected chi connectivity index (χ3v) is 2.43. The molecule has 1 rings (SSSR count). The summed E-state index contributed by atoms with van der Waals surface area (Å²) < 4.78 is 0. The molecule has 0 aliphatic heterocycles. The van der Waals surface area contributed by atoms with Gasteiger partial charge in [-0.05, 0) is 30.7 Å². The highest BCUT2D eigenvalue weighted by atomic mass is 35.5. The Bertz CT molecular complexity index is 320. The zero-order valence-corrected chi connectivity index (χ0v) is 8.77. The predicted octanol–water partition coefficient (Wildman–Crippen LogP) is 2.43. The second-order valence-corrected chi connectivity index (χ2v) is 3.78. The number of anilines is 1. The van der Waals surface area contributed by atoms with Crippen molar-refractivity contribution in [1.29, 1.82) is 0 Å². The van der Waals surface area contributed by atoms with Crippen molar-refractivity contribution in [3.63, 3.8) is 0 Å². The van der Waals surface area contributed by atoms with Gasteiger partial charge in [-0.3, -0.25) is 4.79 Å². The fourth-order valence-electron chi connectivity index (χ4n) is 1.04. The Morgan fingerprint density at radius 3 is 2.62 bits per heavy atom. The maximum absolute atomic E-state index is 11.0. The van der Waals surface area contributed by atoms with Gasteiger partial charge in [0, 0.05) is 10.6 Å². The van der Waals surface area contributed by atoms with Gasteiger partial charge in [0.15, 0.2) is 5.78 Å². The van der Waals surface area contributed by atoms with Gasteiger partial charge in [0.2, 0.25) is 0 Å². The van der Waals surface area contributed by atoms with E-state index in [2.05, 4.69) is 12.6 Å². The molecule has 2 nitrogen and oxygen atoms in total. The Hall–Kier alpha value is -0.670. The lowest BCUT2D eigenvalue weighted by Crippen LogP contribution is -2.02. The number of carbonyl (C=O) groups is 1. The highest BCUT2D eigenvalue weighted by Crippen LogP contribution is 2.25. The van der Waals surface area contributed by atoms with E-state index in [-0.39, 0.29) is 5.78 Å². The third kappa shape index (κ3) is 2.64. The van der Waals surface area contributed by atoms with E-state index in [1.807, 2.05) is 0 Å². The Morgan fingerprint density at radius 2 is 2.15 bits per heavy atom. The SMILES string of the molecule is CC(=O)C(Cl)c1cc(N)cc(S)c1. The molecule has 0 fully saturated rings. The van der Waals surface area contributed by atoms with Crippen molar-refractivity contribution in [1.82, 2.24) is 0 Å². The molecule has 0 aromatic heterocycles.